The fourth-order valence-electron chi connectivity index (χ4n) is 1.84. The fourth-order valence-corrected chi connectivity index (χ4v) is 1.94. The Morgan fingerprint density at radius 1 is 1.47 bits per heavy atom. The van der Waals surface area contributed by atoms with Gasteiger partial charge in [0.05, 0.1) is 18.4 Å². The second-order valence-corrected chi connectivity index (χ2v) is 4.20. The lowest BCUT2D eigenvalue weighted by Gasteiger charge is -2.06. The number of amides is 1. The van der Waals surface area contributed by atoms with Crippen LogP contribution in [0.25, 0.3) is 5.57 Å². The maximum atomic E-state index is 11.9. The van der Waals surface area contributed by atoms with Gasteiger partial charge in [-0.15, -0.1) is 0 Å². The minimum Gasteiger partial charge on any atom is -0.495 e. The van der Waals surface area contributed by atoms with Crippen LogP contribution in [0.5, 0.6) is 5.75 Å². The van der Waals surface area contributed by atoms with Gasteiger partial charge in [0.1, 0.15) is 5.75 Å². The first-order chi connectivity index (χ1) is 8.06. The van der Waals surface area contributed by atoms with Gasteiger partial charge < -0.3 is 10.1 Å². The molecule has 2 rings (SSSR count). The zero-order chi connectivity index (χ0) is 12.6. The summed E-state index contributed by atoms with van der Waals surface area (Å²) in [7, 11) is 1.57. The van der Waals surface area contributed by atoms with E-state index >= 15 is 0 Å². The summed E-state index contributed by atoms with van der Waals surface area (Å²) in [6.45, 7) is 5.42. The lowest BCUT2D eigenvalue weighted by Crippen LogP contribution is -2.05. The molecular formula is C13H12ClNO2. The molecule has 88 valence electrons. The van der Waals surface area contributed by atoms with E-state index in [0.717, 1.165) is 5.56 Å². The van der Waals surface area contributed by atoms with E-state index in [1.807, 2.05) is 12.1 Å². The summed E-state index contributed by atoms with van der Waals surface area (Å²) in [6.07, 6.45) is 0. The van der Waals surface area contributed by atoms with Gasteiger partial charge in [0.2, 0.25) is 0 Å². The summed E-state index contributed by atoms with van der Waals surface area (Å²) in [5.41, 5.74) is 2.72. The van der Waals surface area contributed by atoms with E-state index in [2.05, 4.69) is 11.9 Å². The monoisotopic (exact) mass is 249 g/mol. The molecule has 1 aromatic rings. The second kappa shape index (κ2) is 4.26. The van der Waals surface area contributed by atoms with Gasteiger partial charge in [-0.05, 0) is 18.6 Å². The summed E-state index contributed by atoms with van der Waals surface area (Å²) in [4.78, 5) is 11.9. The largest absolute Gasteiger partial charge is 0.495 e. The highest BCUT2D eigenvalue weighted by Gasteiger charge is 2.28. The van der Waals surface area contributed by atoms with E-state index < -0.39 is 0 Å². The molecule has 0 radical (unpaired) electrons. The molecule has 1 aromatic carbocycles. The number of carbonyl (C=O) groups is 1. The van der Waals surface area contributed by atoms with E-state index in [0.29, 0.717) is 27.6 Å². The third-order valence-electron chi connectivity index (χ3n) is 2.76. The Kier molecular flexibility index (Phi) is 2.94. The summed E-state index contributed by atoms with van der Waals surface area (Å²) in [5.74, 6) is 0.461. The quantitative estimate of drug-likeness (QED) is 0.818. The highest BCUT2D eigenvalue weighted by Crippen LogP contribution is 2.41. The molecular weight excluding hydrogens is 238 g/mol. The number of halogens is 1. The van der Waals surface area contributed by atoms with Crippen molar-refractivity contribution < 1.29 is 9.53 Å². The number of ether oxygens (including phenoxy) is 1. The number of allylic oxidation sites excluding steroid dienone is 2. The Morgan fingerprint density at radius 3 is 2.76 bits per heavy atom. The molecule has 1 aliphatic rings. The average Bonchev–Trinajstić information content (AvgIpc) is 2.63. The van der Waals surface area contributed by atoms with Gasteiger partial charge in [0.25, 0.3) is 5.91 Å². The molecule has 0 saturated heterocycles. The third-order valence-corrected chi connectivity index (χ3v) is 3.05. The van der Waals surface area contributed by atoms with Crippen molar-refractivity contribution in [3.05, 3.63) is 40.9 Å². The van der Waals surface area contributed by atoms with Crippen molar-refractivity contribution in [2.45, 2.75) is 6.92 Å². The number of hydrogen-bond acceptors (Lipinski definition) is 2. The topological polar surface area (TPSA) is 38.3 Å². The van der Waals surface area contributed by atoms with Crippen LogP contribution < -0.4 is 10.1 Å². The number of benzene rings is 1. The van der Waals surface area contributed by atoms with E-state index in [-0.39, 0.29) is 5.91 Å². The van der Waals surface area contributed by atoms with Crippen LogP contribution in [0.2, 0.25) is 0 Å². The summed E-state index contributed by atoms with van der Waals surface area (Å²) in [6, 6.07) is 5.49. The average molecular weight is 250 g/mol. The molecule has 4 heteroatoms. The van der Waals surface area contributed by atoms with Crippen molar-refractivity contribution in [3.63, 3.8) is 0 Å². The van der Waals surface area contributed by atoms with Crippen LogP contribution in [0.4, 0.5) is 5.69 Å². The zero-order valence-electron chi connectivity index (χ0n) is 9.63. The summed E-state index contributed by atoms with van der Waals surface area (Å²) < 4.78 is 5.20. The Balaban J connectivity index is 2.68. The number of anilines is 1. The number of para-hydroxylation sites is 1. The van der Waals surface area contributed by atoms with Gasteiger partial charge in [0.15, 0.2) is 0 Å². The molecule has 1 aliphatic heterocycles. The SMILES string of the molecule is C=C(Cl)/C(C)=C1\C(=O)Nc2c(OC)cccc21. The normalized spacial score (nSPS) is 16.3. The van der Waals surface area contributed by atoms with Gasteiger partial charge in [-0.2, -0.15) is 0 Å². The predicted molar refractivity (Wildman–Crippen MR) is 69.2 cm³/mol. The number of hydrogen-bond donors (Lipinski definition) is 1. The molecule has 0 fully saturated rings. The van der Waals surface area contributed by atoms with Crippen LogP contribution in [0.1, 0.15) is 12.5 Å². The Labute approximate surface area is 105 Å². The number of nitrogens with one attached hydrogen (secondary N) is 1. The van der Waals surface area contributed by atoms with E-state index in [1.54, 1.807) is 20.1 Å². The molecule has 0 aromatic heterocycles. The van der Waals surface area contributed by atoms with Crippen LogP contribution >= 0.6 is 11.6 Å². The summed E-state index contributed by atoms with van der Waals surface area (Å²) in [5, 5.41) is 3.15. The Hall–Kier alpha value is -1.74. The maximum absolute atomic E-state index is 11.9. The number of rotatable bonds is 2. The third kappa shape index (κ3) is 1.83. The lowest BCUT2D eigenvalue weighted by atomic mass is 10.0. The molecule has 1 amide bonds. The van der Waals surface area contributed by atoms with Crippen LogP contribution in [-0.2, 0) is 4.79 Å². The maximum Gasteiger partial charge on any atom is 0.256 e. The zero-order valence-corrected chi connectivity index (χ0v) is 10.4. The van der Waals surface area contributed by atoms with Crippen molar-refractivity contribution in [2.75, 3.05) is 12.4 Å². The molecule has 0 saturated carbocycles. The number of carbonyl (C=O) groups excluding carboxylic acids is 1. The highest BCUT2D eigenvalue weighted by molar-refractivity contribution is 6.38. The lowest BCUT2D eigenvalue weighted by molar-refractivity contribution is -0.110. The fraction of sp³-hybridized carbons (Fsp3) is 0.154. The minimum absolute atomic E-state index is 0.177. The molecule has 3 nitrogen and oxygen atoms in total. The Morgan fingerprint density at radius 2 is 2.18 bits per heavy atom. The van der Waals surface area contributed by atoms with Crippen LogP contribution in [0, 0.1) is 0 Å². The van der Waals surface area contributed by atoms with E-state index in [9.17, 15) is 4.79 Å². The molecule has 0 spiro atoms. The molecule has 1 heterocycles. The van der Waals surface area contributed by atoms with Gasteiger partial charge in [-0.3, -0.25) is 4.79 Å². The van der Waals surface area contributed by atoms with Gasteiger partial charge in [-0.1, -0.05) is 30.3 Å². The van der Waals surface area contributed by atoms with E-state index in [1.165, 1.54) is 0 Å². The van der Waals surface area contributed by atoms with Gasteiger partial charge in [0, 0.05) is 10.6 Å². The van der Waals surface area contributed by atoms with Gasteiger partial charge in [-0.25, -0.2) is 0 Å². The van der Waals surface area contributed by atoms with E-state index in [4.69, 9.17) is 16.3 Å². The van der Waals surface area contributed by atoms with Crippen molar-refractivity contribution in [3.8, 4) is 5.75 Å². The smallest absolute Gasteiger partial charge is 0.256 e. The van der Waals surface area contributed by atoms with Crippen LogP contribution in [0.3, 0.4) is 0 Å². The molecule has 0 aliphatic carbocycles. The van der Waals surface area contributed by atoms with Crippen molar-refractivity contribution >= 4 is 28.8 Å². The molecule has 1 N–H and O–H groups in total. The van der Waals surface area contributed by atoms with Crippen LogP contribution in [-0.4, -0.2) is 13.0 Å². The Bertz CT molecular complexity index is 546. The van der Waals surface area contributed by atoms with Crippen molar-refractivity contribution in [1.29, 1.82) is 0 Å². The molecule has 17 heavy (non-hydrogen) atoms. The first-order valence-electron chi connectivity index (χ1n) is 5.10. The molecule has 0 unspecified atom stereocenters. The standard InChI is InChI=1S/C13H12ClNO2/c1-7(8(2)14)11-9-5-4-6-10(17-3)12(9)15-13(11)16/h4-6H,2H2,1,3H3,(H,15,16)/b11-7-. The molecule has 0 atom stereocenters. The molecule has 0 bridgehead atoms. The van der Waals surface area contributed by atoms with Crippen molar-refractivity contribution in [2.24, 2.45) is 0 Å². The number of methoxy groups -OCH3 is 1. The first-order valence-corrected chi connectivity index (χ1v) is 5.48. The minimum atomic E-state index is -0.177. The predicted octanol–water partition coefficient (Wildman–Crippen LogP) is 3.17. The van der Waals surface area contributed by atoms with Crippen LogP contribution in [0.15, 0.2) is 35.4 Å². The number of fused-ring (bicyclic) bond motifs is 1. The van der Waals surface area contributed by atoms with Crippen molar-refractivity contribution in [1.82, 2.24) is 0 Å². The summed E-state index contributed by atoms with van der Waals surface area (Å²) >= 11 is 5.85. The highest BCUT2D eigenvalue weighted by atomic mass is 35.5. The first kappa shape index (κ1) is 11.7. The van der Waals surface area contributed by atoms with Gasteiger partial charge >= 0.3 is 0 Å². The second-order valence-electron chi connectivity index (χ2n) is 3.74.